The van der Waals surface area contributed by atoms with Crippen molar-refractivity contribution in [3.8, 4) is 0 Å². The highest BCUT2D eigenvalue weighted by Crippen LogP contribution is 2.29. The van der Waals surface area contributed by atoms with E-state index in [0.29, 0.717) is 18.4 Å². The van der Waals surface area contributed by atoms with Crippen LogP contribution in [0.3, 0.4) is 0 Å². The lowest BCUT2D eigenvalue weighted by Gasteiger charge is -2.17. The predicted molar refractivity (Wildman–Crippen MR) is 87.0 cm³/mol. The molecule has 0 radical (unpaired) electrons. The predicted octanol–water partition coefficient (Wildman–Crippen LogP) is 3.57. The number of imidazole rings is 1. The first kappa shape index (κ1) is 16.3. The molecule has 0 aliphatic heterocycles. The Morgan fingerprint density at radius 1 is 1.57 bits per heavy atom. The number of rotatable bonds is 7. The van der Waals surface area contributed by atoms with Crippen LogP contribution in [0.5, 0.6) is 0 Å². The molecule has 1 aromatic carbocycles. The van der Waals surface area contributed by atoms with Gasteiger partial charge in [-0.05, 0) is 32.0 Å². The third kappa shape index (κ3) is 3.99. The van der Waals surface area contributed by atoms with Crippen molar-refractivity contribution in [3.05, 3.63) is 22.7 Å². The van der Waals surface area contributed by atoms with Gasteiger partial charge in [0.05, 0.1) is 29.4 Å². The van der Waals surface area contributed by atoms with Crippen LogP contribution < -0.4 is 0 Å². The second kappa shape index (κ2) is 7.29. The lowest BCUT2D eigenvalue weighted by molar-refractivity contribution is -0.133. The van der Waals surface area contributed by atoms with Gasteiger partial charge in [0.1, 0.15) is 0 Å². The summed E-state index contributed by atoms with van der Waals surface area (Å²) in [4.78, 5) is 15.3. The average Bonchev–Trinajstić information content (AvgIpc) is 2.80. The zero-order chi connectivity index (χ0) is 15.4. The first-order chi connectivity index (χ1) is 10.0. The van der Waals surface area contributed by atoms with E-state index in [0.717, 1.165) is 15.5 Å². The molecule has 21 heavy (non-hydrogen) atoms. The van der Waals surface area contributed by atoms with Crippen LogP contribution in [0.25, 0.3) is 11.0 Å². The van der Waals surface area contributed by atoms with Crippen molar-refractivity contribution >= 4 is 44.7 Å². The third-order valence-electron chi connectivity index (χ3n) is 2.95. The molecule has 0 saturated carbocycles. The monoisotopic (exact) mass is 372 g/mol. The van der Waals surface area contributed by atoms with E-state index >= 15 is 0 Å². The van der Waals surface area contributed by atoms with E-state index in [-0.39, 0.29) is 11.8 Å². The number of thioether (sulfide) groups is 1. The van der Waals surface area contributed by atoms with Gasteiger partial charge in [0.2, 0.25) is 0 Å². The number of aromatic nitrogens is 2. The van der Waals surface area contributed by atoms with Gasteiger partial charge in [-0.3, -0.25) is 4.79 Å². The van der Waals surface area contributed by atoms with Crippen molar-refractivity contribution in [2.24, 2.45) is 0 Å². The van der Waals surface area contributed by atoms with Crippen LogP contribution in [0, 0.1) is 0 Å². The normalized spacial score (nSPS) is 12.7. The van der Waals surface area contributed by atoms with E-state index in [1.165, 1.54) is 11.8 Å². The van der Waals surface area contributed by atoms with Crippen molar-refractivity contribution in [1.82, 2.24) is 9.55 Å². The Hall–Kier alpha value is -1.05. The molecule has 5 nitrogen and oxygen atoms in total. The molecule has 0 spiro atoms. The average molecular weight is 373 g/mol. The fraction of sp³-hybridized carbons (Fsp3) is 0.429. The molecule has 1 atom stereocenters. The quantitative estimate of drug-likeness (QED) is 0.752. The van der Waals surface area contributed by atoms with Gasteiger partial charge in [-0.2, -0.15) is 0 Å². The number of aliphatic carboxylic acids is 1. The van der Waals surface area contributed by atoms with Gasteiger partial charge in [0.25, 0.3) is 0 Å². The highest BCUT2D eigenvalue weighted by Gasteiger charge is 2.17. The molecule has 7 heteroatoms. The van der Waals surface area contributed by atoms with Gasteiger partial charge < -0.3 is 14.4 Å². The number of halogens is 1. The van der Waals surface area contributed by atoms with Gasteiger partial charge >= 0.3 is 5.97 Å². The molecule has 2 aromatic rings. The summed E-state index contributed by atoms with van der Waals surface area (Å²) in [5, 5.41) is 9.58. The number of benzene rings is 1. The molecular formula is C14H17BrN2O3S. The first-order valence-corrected chi connectivity index (χ1v) is 8.40. The van der Waals surface area contributed by atoms with Crippen LogP contribution in [0.15, 0.2) is 27.8 Å². The SMILES string of the molecule is CCOCC(C)n1c(SCC(=O)O)nc2ccc(Br)cc21. The maximum atomic E-state index is 10.8. The Morgan fingerprint density at radius 3 is 3.00 bits per heavy atom. The molecule has 1 N–H and O–H groups in total. The highest BCUT2D eigenvalue weighted by atomic mass is 79.9. The van der Waals surface area contributed by atoms with Gasteiger partial charge in [-0.25, -0.2) is 4.98 Å². The smallest absolute Gasteiger partial charge is 0.313 e. The summed E-state index contributed by atoms with van der Waals surface area (Å²) in [5.74, 6) is -0.858. The fourth-order valence-corrected chi connectivity index (χ4v) is 3.24. The summed E-state index contributed by atoms with van der Waals surface area (Å²) in [5.41, 5.74) is 1.83. The zero-order valence-electron chi connectivity index (χ0n) is 11.9. The van der Waals surface area contributed by atoms with Gasteiger partial charge in [0.15, 0.2) is 5.16 Å². The molecule has 0 fully saturated rings. The molecule has 1 unspecified atom stereocenters. The lowest BCUT2D eigenvalue weighted by Crippen LogP contribution is -2.14. The Labute approximate surface area is 135 Å². The van der Waals surface area contributed by atoms with Crippen molar-refractivity contribution in [3.63, 3.8) is 0 Å². The van der Waals surface area contributed by atoms with Gasteiger partial charge in [-0.15, -0.1) is 0 Å². The number of carbonyl (C=O) groups is 1. The molecule has 0 bridgehead atoms. The molecule has 0 amide bonds. The van der Waals surface area contributed by atoms with Crippen LogP contribution in [-0.2, 0) is 9.53 Å². The zero-order valence-corrected chi connectivity index (χ0v) is 14.3. The molecular weight excluding hydrogens is 356 g/mol. The minimum absolute atomic E-state index is 0.00809. The van der Waals surface area contributed by atoms with E-state index in [9.17, 15) is 4.79 Å². The Bertz CT molecular complexity index is 644. The van der Waals surface area contributed by atoms with Crippen molar-refractivity contribution in [2.75, 3.05) is 19.0 Å². The second-order valence-electron chi connectivity index (χ2n) is 4.59. The summed E-state index contributed by atoms with van der Waals surface area (Å²) in [6.07, 6.45) is 0. The van der Waals surface area contributed by atoms with Gasteiger partial charge in [0, 0.05) is 11.1 Å². The van der Waals surface area contributed by atoms with Crippen LogP contribution in [0.2, 0.25) is 0 Å². The fourth-order valence-electron chi connectivity index (χ4n) is 2.06. The molecule has 1 heterocycles. The minimum atomic E-state index is -0.850. The van der Waals surface area contributed by atoms with E-state index in [4.69, 9.17) is 9.84 Å². The van der Waals surface area contributed by atoms with E-state index < -0.39 is 5.97 Å². The number of fused-ring (bicyclic) bond motifs is 1. The maximum absolute atomic E-state index is 10.8. The van der Waals surface area contributed by atoms with Crippen LogP contribution in [-0.4, -0.2) is 39.6 Å². The number of carboxylic acid groups (broad SMARTS) is 1. The topological polar surface area (TPSA) is 64.3 Å². The summed E-state index contributed by atoms with van der Waals surface area (Å²) in [6.45, 7) is 5.21. The lowest BCUT2D eigenvalue weighted by atomic mass is 10.3. The molecule has 2 rings (SSSR count). The minimum Gasteiger partial charge on any atom is -0.481 e. The van der Waals surface area contributed by atoms with E-state index in [1.807, 2.05) is 36.6 Å². The summed E-state index contributed by atoms with van der Waals surface area (Å²) in [6, 6.07) is 5.93. The molecule has 0 aliphatic carbocycles. The second-order valence-corrected chi connectivity index (χ2v) is 6.45. The molecule has 0 saturated heterocycles. The van der Waals surface area contributed by atoms with Crippen LogP contribution in [0.1, 0.15) is 19.9 Å². The van der Waals surface area contributed by atoms with Crippen molar-refractivity contribution < 1.29 is 14.6 Å². The Balaban J connectivity index is 2.42. The maximum Gasteiger partial charge on any atom is 0.313 e. The van der Waals surface area contributed by atoms with E-state index in [1.54, 1.807) is 0 Å². The number of nitrogens with zero attached hydrogens (tertiary/aromatic N) is 2. The molecule has 1 aromatic heterocycles. The number of hydrogen-bond acceptors (Lipinski definition) is 4. The Kier molecular flexibility index (Phi) is 5.66. The highest BCUT2D eigenvalue weighted by molar-refractivity contribution is 9.10. The van der Waals surface area contributed by atoms with Gasteiger partial charge in [-0.1, -0.05) is 27.7 Å². The third-order valence-corrected chi connectivity index (χ3v) is 4.38. The van der Waals surface area contributed by atoms with Crippen LogP contribution >= 0.6 is 27.7 Å². The van der Waals surface area contributed by atoms with Crippen LogP contribution in [0.4, 0.5) is 0 Å². The summed E-state index contributed by atoms with van der Waals surface area (Å²) in [7, 11) is 0. The Morgan fingerprint density at radius 2 is 2.33 bits per heavy atom. The number of ether oxygens (including phenoxy) is 1. The largest absolute Gasteiger partial charge is 0.481 e. The van der Waals surface area contributed by atoms with Crippen molar-refractivity contribution in [2.45, 2.75) is 25.0 Å². The standard InChI is InChI=1S/C14H17BrN2O3S/c1-3-20-7-9(2)17-12-6-10(15)4-5-11(12)16-14(17)21-8-13(18)19/h4-6,9H,3,7-8H2,1-2H3,(H,18,19). The summed E-state index contributed by atoms with van der Waals surface area (Å²) < 4.78 is 8.51. The number of carboxylic acids is 1. The summed E-state index contributed by atoms with van der Waals surface area (Å²) >= 11 is 4.70. The number of hydrogen-bond donors (Lipinski definition) is 1. The molecule has 0 aliphatic rings. The molecule has 114 valence electrons. The van der Waals surface area contributed by atoms with Crippen molar-refractivity contribution in [1.29, 1.82) is 0 Å². The first-order valence-electron chi connectivity index (χ1n) is 6.62. The van der Waals surface area contributed by atoms with E-state index in [2.05, 4.69) is 20.9 Å².